The Morgan fingerprint density at radius 3 is 1.29 bits per heavy atom. The van der Waals surface area contributed by atoms with Gasteiger partial charge in [-0.15, -0.1) is 0 Å². The average Bonchev–Trinajstić information content (AvgIpc) is 2.64. The molecule has 10 nitrogen and oxygen atoms in total. The molecule has 1 fully saturated rings. The van der Waals surface area contributed by atoms with Crippen molar-refractivity contribution in [2.45, 2.75) is 57.8 Å². The zero-order valence-electron chi connectivity index (χ0n) is 16.7. The van der Waals surface area contributed by atoms with E-state index in [1.54, 1.807) is 0 Å². The number of unbranched alkanes of at least 4 members (excludes halogenated alkanes) is 1. The fourth-order valence-electron chi connectivity index (χ4n) is 2.48. The molecule has 6 N–H and O–H groups in total. The highest BCUT2D eigenvalue weighted by atomic mass is 16.4. The number of carbonyl (C=O) groups is 4. The molecule has 0 bridgehead atoms. The van der Waals surface area contributed by atoms with Crippen molar-refractivity contribution >= 4 is 23.9 Å². The van der Waals surface area contributed by atoms with Crippen LogP contribution in [-0.4, -0.2) is 71.5 Å². The van der Waals surface area contributed by atoms with Crippen molar-refractivity contribution < 1.29 is 39.6 Å². The van der Waals surface area contributed by atoms with Gasteiger partial charge in [-0.3, -0.25) is 19.2 Å². The molecule has 10 heteroatoms. The van der Waals surface area contributed by atoms with Gasteiger partial charge in [-0.25, -0.2) is 0 Å². The predicted molar refractivity (Wildman–Crippen MR) is 102 cm³/mol. The van der Waals surface area contributed by atoms with Crippen LogP contribution in [0.15, 0.2) is 0 Å². The van der Waals surface area contributed by atoms with E-state index >= 15 is 0 Å². The molecule has 0 aromatic heterocycles. The molecular weight excluding hydrogens is 372 g/mol. The second kappa shape index (κ2) is 16.9. The van der Waals surface area contributed by atoms with Crippen LogP contribution in [0.2, 0.25) is 0 Å². The second-order valence-corrected chi connectivity index (χ2v) is 6.45. The minimum absolute atomic E-state index is 0.0628. The maximum Gasteiger partial charge on any atom is 0.321 e. The van der Waals surface area contributed by atoms with Crippen molar-refractivity contribution in [3.63, 3.8) is 0 Å². The summed E-state index contributed by atoms with van der Waals surface area (Å²) in [6.45, 7) is 2.10. The minimum atomic E-state index is -1.49. The maximum atomic E-state index is 10.7. The third-order valence-corrected chi connectivity index (χ3v) is 4.18. The highest BCUT2D eigenvalue weighted by Gasteiger charge is 2.46. The molecule has 0 aliphatic heterocycles. The van der Waals surface area contributed by atoms with Gasteiger partial charge in [0.15, 0.2) is 5.41 Å². The standard InChI is InChI=1S/C8H12O4.C6H10O4.C4H12N2/c9-6(10)8(7(11)12)4-2-1-3-5-8;7-5(8)3-1-2-4-6(9)10;1-5-3-4-6-2/h1-5H2,(H,9,10)(H,11,12);1-4H2,(H,7,8)(H,9,10);5-6H,3-4H2,1-2H3. The number of likely N-dealkylation sites (N-methyl/N-ethyl adjacent to an activating group) is 2. The number of hydrogen-bond acceptors (Lipinski definition) is 6. The third kappa shape index (κ3) is 13.9. The van der Waals surface area contributed by atoms with Crippen molar-refractivity contribution in [3.8, 4) is 0 Å². The molecule has 164 valence electrons. The normalized spacial score (nSPS) is 14.5. The molecule has 0 aromatic carbocycles. The Bertz CT molecular complexity index is 440. The Balaban J connectivity index is 0. The summed E-state index contributed by atoms with van der Waals surface area (Å²) in [6, 6.07) is 0. The summed E-state index contributed by atoms with van der Waals surface area (Å²) in [5.74, 6) is -4.11. The van der Waals surface area contributed by atoms with Gasteiger partial charge in [0, 0.05) is 25.9 Å². The van der Waals surface area contributed by atoms with E-state index in [4.69, 9.17) is 20.4 Å². The van der Waals surface area contributed by atoms with Gasteiger partial charge >= 0.3 is 23.9 Å². The molecule has 0 aromatic rings. The van der Waals surface area contributed by atoms with Crippen LogP contribution in [-0.2, 0) is 19.2 Å². The number of carboxylic acids is 4. The van der Waals surface area contributed by atoms with E-state index in [1.807, 2.05) is 14.1 Å². The monoisotopic (exact) mass is 406 g/mol. The van der Waals surface area contributed by atoms with E-state index < -0.39 is 29.3 Å². The lowest BCUT2D eigenvalue weighted by molar-refractivity contribution is -0.167. The summed E-state index contributed by atoms with van der Waals surface area (Å²) in [4.78, 5) is 41.3. The van der Waals surface area contributed by atoms with Gasteiger partial charge in [0.25, 0.3) is 0 Å². The molecule has 0 spiro atoms. The van der Waals surface area contributed by atoms with Gasteiger partial charge in [-0.05, 0) is 39.8 Å². The van der Waals surface area contributed by atoms with E-state index in [1.165, 1.54) is 0 Å². The van der Waals surface area contributed by atoms with E-state index in [9.17, 15) is 19.2 Å². The lowest BCUT2D eigenvalue weighted by atomic mass is 9.74. The number of rotatable bonds is 10. The number of carboxylic acid groups (broad SMARTS) is 4. The summed E-state index contributed by atoms with van der Waals surface area (Å²) in [5.41, 5.74) is -1.49. The molecule has 1 saturated carbocycles. The van der Waals surface area contributed by atoms with E-state index in [2.05, 4.69) is 10.6 Å². The maximum absolute atomic E-state index is 10.7. The van der Waals surface area contributed by atoms with Gasteiger partial charge < -0.3 is 31.1 Å². The number of aliphatic carboxylic acids is 4. The van der Waals surface area contributed by atoms with Crippen molar-refractivity contribution in [3.05, 3.63) is 0 Å². The largest absolute Gasteiger partial charge is 0.481 e. The van der Waals surface area contributed by atoms with Crippen LogP contribution < -0.4 is 10.6 Å². The summed E-state index contributed by atoms with van der Waals surface area (Å²) >= 11 is 0. The smallest absolute Gasteiger partial charge is 0.321 e. The third-order valence-electron chi connectivity index (χ3n) is 4.18. The Kier molecular flexibility index (Phi) is 16.9. The van der Waals surface area contributed by atoms with Gasteiger partial charge in [0.2, 0.25) is 0 Å². The highest BCUT2D eigenvalue weighted by molar-refractivity contribution is 5.98. The Morgan fingerprint density at radius 1 is 0.714 bits per heavy atom. The van der Waals surface area contributed by atoms with Crippen LogP contribution in [0.25, 0.3) is 0 Å². The summed E-state index contributed by atoms with van der Waals surface area (Å²) in [7, 11) is 3.88. The molecule has 1 aliphatic rings. The first-order chi connectivity index (χ1) is 13.1. The zero-order valence-corrected chi connectivity index (χ0v) is 16.7. The summed E-state index contributed by atoms with van der Waals surface area (Å²) in [6.07, 6.45) is 3.93. The molecule has 1 rings (SSSR count). The fourth-order valence-corrected chi connectivity index (χ4v) is 2.48. The summed E-state index contributed by atoms with van der Waals surface area (Å²) < 4.78 is 0. The number of nitrogens with one attached hydrogen (secondary N) is 2. The molecule has 0 heterocycles. The van der Waals surface area contributed by atoms with Gasteiger partial charge in [0.1, 0.15) is 0 Å². The molecule has 0 amide bonds. The first kappa shape index (κ1) is 28.0. The van der Waals surface area contributed by atoms with Crippen LogP contribution in [0.4, 0.5) is 0 Å². The van der Waals surface area contributed by atoms with Crippen LogP contribution in [0, 0.1) is 5.41 Å². The van der Waals surface area contributed by atoms with Crippen molar-refractivity contribution in [1.29, 1.82) is 0 Å². The van der Waals surface area contributed by atoms with Crippen molar-refractivity contribution in [2.75, 3.05) is 27.2 Å². The fraction of sp³-hybridized carbons (Fsp3) is 0.778. The first-order valence-electron chi connectivity index (χ1n) is 9.33. The van der Waals surface area contributed by atoms with Gasteiger partial charge in [0.05, 0.1) is 0 Å². The highest BCUT2D eigenvalue weighted by Crippen LogP contribution is 2.36. The molecule has 0 radical (unpaired) electrons. The zero-order chi connectivity index (χ0) is 22.0. The van der Waals surface area contributed by atoms with Crippen LogP contribution in [0.5, 0.6) is 0 Å². The van der Waals surface area contributed by atoms with Gasteiger partial charge in [-0.2, -0.15) is 0 Å². The molecule has 28 heavy (non-hydrogen) atoms. The first-order valence-corrected chi connectivity index (χ1v) is 9.33. The predicted octanol–water partition coefficient (Wildman–Crippen LogP) is 1.25. The Morgan fingerprint density at radius 2 is 1.07 bits per heavy atom. The molecule has 1 aliphatic carbocycles. The van der Waals surface area contributed by atoms with Crippen LogP contribution in [0.1, 0.15) is 57.8 Å². The average molecular weight is 406 g/mol. The molecule has 0 unspecified atom stereocenters. The minimum Gasteiger partial charge on any atom is -0.481 e. The van der Waals surface area contributed by atoms with Gasteiger partial charge in [-0.1, -0.05) is 19.3 Å². The second-order valence-electron chi connectivity index (χ2n) is 6.45. The molecule has 0 atom stereocenters. The van der Waals surface area contributed by atoms with E-state index in [0.717, 1.165) is 19.5 Å². The van der Waals surface area contributed by atoms with Crippen molar-refractivity contribution in [2.24, 2.45) is 5.41 Å². The van der Waals surface area contributed by atoms with Crippen LogP contribution in [0.3, 0.4) is 0 Å². The van der Waals surface area contributed by atoms with E-state index in [-0.39, 0.29) is 25.7 Å². The lowest BCUT2D eigenvalue weighted by Crippen LogP contribution is -2.40. The Labute approximate surface area is 165 Å². The SMILES string of the molecule is CNCCNC.O=C(O)C1(C(=O)O)CCCCC1.O=C(O)CCCCC(=O)O. The number of hydrogen-bond donors (Lipinski definition) is 6. The summed E-state index contributed by atoms with van der Waals surface area (Å²) in [5, 5.41) is 39.8. The lowest BCUT2D eigenvalue weighted by Gasteiger charge is -2.28. The Hall–Kier alpha value is -2.20. The van der Waals surface area contributed by atoms with E-state index in [0.29, 0.717) is 25.7 Å². The van der Waals surface area contributed by atoms with Crippen molar-refractivity contribution in [1.82, 2.24) is 10.6 Å². The molecule has 0 saturated heterocycles. The topological polar surface area (TPSA) is 173 Å². The van der Waals surface area contributed by atoms with Crippen LogP contribution >= 0.6 is 0 Å². The quantitative estimate of drug-likeness (QED) is 0.229. The molecular formula is C18H34N2O8.